The fourth-order valence-corrected chi connectivity index (χ4v) is 3.63. The number of carbonyl (C=O) groups is 1. The van der Waals surface area contributed by atoms with Crippen molar-refractivity contribution in [3.8, 4) is 11.5 Å². The molecule has 1 saturated carbocycles. The van der Waals surface area contributed by atoms with Crippen LogP contribution < -0.4 is 9.47 Å². The van der Waals surface area contributed by atoms with Gasteiger partial charge in [-0.3, -0.25) is 4.79 Å². The van der Waals surface area contributed by atoms with Gasteiger partial charge in [0, 0.05) is 24.4 Å². The Bertz CT molecular complexity index is 958. The maximum absolute atomic E-state index is 13.6. The Morgan fingerprint density at radius 1 is 1.17 bits per heavy atom. The van der Waals surface area contributed by atoms with E-state index in [-0.39, 0.29) is 23.7 Å². The van der Waals surface area contributed by atoms with E-state index in [2.05, 4.69) is 5.16 Å². The normalized spacial score (nSPS) is 17.8. The van der Waals surface area contributed by atoms with Crippen molar-refractivity contribution < 1.29 is 23.5 Å². The van der Waals surface area contributed by atoms with Crippen molar-refractivity contribution in [1.29, 1.82) is 0 Å². The fourth-order valence-electron chi connectivity index (χ4n) is 3.63. The molecule has 1 atom stereocenters. The SMILES string of the molecule is COc1ccc(C2=NO[C@H](CN(Cc3cccc(F)c3)C(=O)C3CC3)C2)cc1OC. The monoisotopic (exact) mass is 412 g/mol. The predicted molar refractivity (Wildman–Crippen MR) is 110 cm³/mol. The number of ether oxygens (including phenoxy) is 2. The van der Waals surface area contributed by atoms with Crippen LogP contribution in [0.3, 0.4) is 0 Å². The first-order valence-corrected chi connectivity index (χ1v) is 10.1. The number of carbonyl (C=O) groups excluding carboxylic acids is 1. The van der Waals surface area contributed by atoms with E-state index in [4.69, 9.17) is 14.3 Å². The zero-order chi connectivity index (χ0) is 21.1. The molecule has 4 rings (SSSR count). The second kappa shape index (κ2) is 8.73. The van der Waals surface area contributed by atoms with E-state index in [1.54, 1.807) is 25.2 Å². The summed E-state index contributed by atoms with van der Waals surface area (Å²) in [4.78, 5) is 20.2. The molecule has 0 spiro atoms. The van der Waals surface area contributed by atoms with Crippen molar-refractivity contribution in [2.24, 2.45) is 11.1 Å². The van der Waals surface area contributed by atoms with Gasteiger partial charge in [0.2, 0.25) is 5.91 Å². The number of amides is 1. The van der Waals surface area contributed by atoms with Gasteiger partial charge in [0.15, 0.2) is 17.6 Å². The number of halogens is 1. The number of hydrogen-bond acceptors (Lipinski definition) is 5. The summed E-state index contributed by atoms with van der Waals surface area (Å²) in [5.41, 5.74) is 2.45. The van der Waals surface area contributed by atoms with Crippen molar-refractivity contribution >= 4 is 11.6 Å². The maximum Gasteiger partial charge on any atom is 0.226 e. The molecular formula is C23H25FN2O4. The Kier molecular flexibility index (Phi) is 5.88. The van der Waals surface area contributed by atoms with Crippen LogP contribution in [0.25, 0.3) is 0 Å². The van der Waals surface area contributed by atoms with Gasteiger partial charge in [-0.15, -0.1) is 0 Å². The third kappa shape index (κ3) is 4.56. The Hall–Kier alpha value is -3.09. The predicted octanol–water partition coefficient (Wildman–Crippen LogP) is 3.77. The first kappa shape index (κ1) is 20.2. The zero-order valence-electron chi connectivity index (χ0n) is 17.1. The van der Waals surface area contributed by atoms with Crippen molar-refractivity contribution in [1.82, 2.24) is 4.90 Å². The Labute approximate surface area is 175 Å². The molecule has 0 aromatic heterocycles. The second-order valence-corrected chi connectivity index (χ2v) is 7.66. The van der Waals surface area contributed by atoms with Gasteiger partial charge in [-0.05, 0) is 48.7 Å². The summed E-state index contributed by atoms with van der Waals surface area (Å²) in [6, 6.07) is 12.0. The Morgan fingerprint density at radius 2 is 1.97 bits per heavy atom. The lowest BCUT2D eigenvalue weighted by Crippen LogP contribution is -2.38. The van der Waals surface area contributed by atoms with Crippen molar-refractivity contribution in [3.63, 3.8) is 0 Å². The van der Waals surface area contributed by atoms with Gasteiger partial charge in [0.1, 0.15) is 5.82 Å². The summed E-state index contributed by atoms with van der Waals surface area (Å²) in [6.07, 6.45) is 2.16. The molecule has 1 aliphatic carbocycles. The van der Waals surface area contributed by atoms with Gasteiger partial charge in [0.05, 0.1) is 26.5 Å². The van der Waals surface area contributed by atoms with Gasteiger partial charge in [0.25, 0.3) is 0 Å². The summed E-state index contributed by atoms with van der Waals surface area (Å²) >= 11 is 0. The largest absolute Gasteiger partial charge is 0.493 e. The van der Waals surface area contributed by atoms with Crippen LogP contribution in [0, 0.1) is 11.7 Å². The van der Waals surface area contributed by atoms with Gasteiger partial charge in [-0.1, -0.05) is 17.3 Å². The molecule has 1 amide bonds. The van der Waals surface area contributed by atoms with E-state index in [1.165, 1.54) is 12.1 Å². The third-order valence-corrected chi connectivity index (χ3v) is 5.37. The van der Waals surface area contributed by atoms with Crippen molar-refractivity contribution in [3.05, 3.63) is 59.4 Å². The summed E-state index contributed by atoms with van der Waals surface area (Å²) in [5.74, 6) is 1.14. The van der Waals surface area contributed by atoms with Crippen LogP contribution in [-0.2, 0) is 16.2 Å². The standard InChI is InChI=1S/C23H25FN2O4/c1-28-21-9-8-17(11-22(21)29-2)20-12-19(30-25-20)14-26(23(27)16-6-7-16)13-15-4-3-5-18(24)10-15/h3-5,8-11,16,19H,6-7,12-14H2,1-2H3/t19-/m0/s1. The number of nitrogens with zero attached hydrogens (tertiary/aromatic N) is 2. The molecule has 2 aromatic rings. The lowest BCUT2D eigenvalue weighted by Gasteiger charge is -2.25. The van der Waals surface area contributed by atoms with Crippen molar-refractivity contribution in [2.75, 3.05) is 20.8 Å². The van der Waals surface area contributed by atoms with Crippen LogP contribution in [0.2, 0.25) is 0 Å². The van der Waals surface area contributed by atoms with Crippen molar-refractivity contribution in [2.45, 2.75) is 31.9 Å². The summed E-state index contributed by atoms with van der Waals surface area (Å²) < 4.78 is 24.2. The molecule has 2 aromatic carbocycles. The summed E-state index contributed by atoms with van der Waals surface area (Å²) in [5, 5.41) is 4.23. The summed E-state index contributed by atoms with van der Waals surface area (Å²) in [6.45, 7) is 0.769. The average Bonchev–Trinajstić information content (AvgIpc) is 3.51. The minimum absolute atomic E-state index is 0.0752. The van der Waals surface area contributed by atoms with Gasteiger partial charge in [-0.25, -0.2) is 4.39 Å². The molecule has 6 nitrogen and oxygen atoms in total. The molecule has 0 N–H and O–H groups in total. The molecule has 30 heavy (non-hydrogen) atoms. The van der Waals surface area contributed by atoms with E-state index < -0.39 is 0 Å². The highest BCUT2D eigenvalue weighted by Crippen LogP contribution is 2.33. The van der Waals surface area contributed by atoms with E-state index >= 15 is 0 Å². The van der Waals surface area contributed by atoms with Gasteiger partial charge < -0.3 is 19.2 Å². The van der Waals surface area contributed by atoms with Crippen LogP contribution in [-0.4, -0.2) is 43.4 Å². The smallest absolute Gasteiger partial charge is 0.226 e. The lowest BCUT2D eigenvalue weighted by atomic mass is 10.0. The first-order chi connectivity index (χ1) is 14.6. The minimum atomic E-state index is -0.303. The Morgan fingerprint density at radius 3 is 2.67 bits per heavy atom. The molecule has 2 aliphatic rings. The molecule has 0 radical (unpaired) electrons. The highest BCUT2D eigenvalue weighted by atomic mass is 19.1. The summed E-state index contributed by atoms with van der Waals surface area (Å²) in [7, 11) is 3.18. The topological polar surface area (TPSA) is 60.4 Å². The van der Waals surface area contributed by atoms with Crippen LogP contribution in [0.4, 0.5) is 4.39 Å². The lowest BCUT2D eigenvalue weighted by molar-refractivity contribution is -0.135. The number of hydrogen-bond donors (Lipinski definition) is 0. The molecule has 158 valence electrons. The van der Waals surface area contributed by atoms with Crippen LogP contribution in [0.15, 0.2) is 47.6 Å². The highest BCUT2D eigenvalue weighted by molar-refractivity contribution is 6.01. The number of methoxy groups -OCH3 is 2. The molecule has 1 heterocycles. The molecule has 7 heteroatoms. The molecule has 1 fully saturated rings. The van der Waals surface area contributed by atoms with Crippen LogP contribution in [0.1, 0.15) is 30.4 Å². The molecule has 1 aliphatic heterocycles. The van der Waals surface area contributed by atoms with Gasteiger partial charge >= 0.3 is 0 Å². The Balaban J connectivity index is 1.44. The maximum atomic E-state index is 13.6. The fraction of sp³-hybridized carbons (Fsp3) is 0.391. The average molecular weight is 412 g/mol. The van der Waals surface area contributed by atoms with E-state index in [0.29, 0.717) is 31.0 Å². The van der Waals surface area contributed by atoms with E-state index in [9.17, 15) is 9.18 Å². The van der Waals surface area contributed by atoms with E-state index in [0.717, 1.165) is 29.7 Å². The number of benzene rings is 2. The first-order valence-electron chi connectivity index (χ1n) is 10.1. The quantitative estimate of drug-likeness (QED) is 0.662. The zero-order valence-corrected chi connectivity index (χ0v) is 17.1. The van der Waals surface area contributed by atoms with Gasteiger partial charge in [-0.2, -0.15) is 0 Å². The number of oxime groups is 1. The molecular weight excluding hydrogens is 387 g/mol. The third-order valence-electron chi connectivity index (χ3n) is 5.37. The minimum Gasteiger partial charge on any atom is -0.493 e. The molecule has 0 saturated heterocycles. The second-order valence-electron chi connectivity index (χ2n) is 7.66. The van der Waals surface area contributed by atoms with E-state index in [1.807, 2.05) is 24.3 Å². The highest BCUT2D eigenvalue weighted by Gasteiger charge is 2.35. The van der Waals surface area contributed by atoms with Crippen LogP contribution >= 0.6 is 0 Å². The molecule has 0 unspecified atom stereocenters. The number of rotatable bonds is 8. The molecule has 0 bridgehead atoms. The van der Waals surface area contributed by atoms with Crippen LogP contribution in [0.5, 0.6) is 11.5 Å².